The van der Waals surface area contributed by atoms with Crippen LogP contribution in [0, 0.1) is 0 Å². The molecule has 1 aromatic rings. The number of nitrogens with one attached hydrogen (secondary N) is 1. The van der Waals surface area contributed by atoms with Gasteiger partial charge in [0.15, 0.2) is 0 Å². The summed E-state index contributed by atoms with van der Waals surface area (Å²) in [6.07, 6.45) is 2.10. The maximum absolute atomic E-state index is 12.2. The molecule has 1 fully saturated rings. The summed E-state index contributed by atoms with van der Waals surface area (Å²) in [6, 6.07) is 10.1. The third-order valence-corrected chi connectivity index (χ3v) is 4.30. The van der Waals surface area contributed by atoms with Crippen LogP contribution in [0.1, 0.15) is 25.6 Å². The molecule has 1 aliphatic rings. The highest BCUT2D eigenvalue weighted by molar-refractivity contribution is 7.99. The lowest BCUT2D eigenvalue weighted by molar-refractivity contribution is -0.129. The lowest BCUT2D eigenvalue weighted by atomic mass is 10.1. The number of nitrogens with zero attached hydrogens (tertiary/aromatic N) is 1. The van der Waals surface area contributed by atoms with E-state index in [0.717, 1.165) is 12.1 Å². The van der Waals surface area contributed by atoms with Crippen molar-refractivity contribution in [3.63, 3.8) is 0 Å². The van der Waals surface area contributed by atoms with Gasteiger partial charge in [-0.1, -0.05) is 37.3 Å². The third kappa shape index (κ3) is 2.70. The zero-order chi connectivity index (χ0) is 13.1. The van der Waals surface area contributed by atoms with Crippen LogP contribution >= 0.6 is 11.8 Å². The smallest absolute Gasteiger partial charge is 0.241 e. The zero-order valence-electron chi connectivity index (χ0n) is 11.1. The Kier molecular flexibility index (Phi) is 4.30. The van der Waals surface area contributed by atoms with Crippen molar-refractivity contribution in [2.45, 2.75) is 31.3 Å². The number of thioether (sulfide) groups is 1. The first kappa shape index (κ1) is 13.4. The Hall–Kier alpha value is -1.00. The van der Waals surface area contributed by atoms with E-state index < -0.39 is 0 Å². The van der Waals surface area contributed by atoms with Gasteiger partial charge in [-0.3, -0.25) is 10.1 Å². The minimum absolute atomic E-state index is 0.0169. The fourth-order valence-electron chi connectivity index (χ4n) is 2.23. The molecule has 1 aromatic carbocycles. The molecule has 1 amide bonds. The fourth-order valence-corrected chi connectivity index (χ4v) is 2.54. The molecule has 1 aliphatic heterocycles. The van der Waals surface area contributed by atoms with E-state index in [-0.39, 0.29) is 18.1 Å². The van der Waals surface area contributed by atoms with Crippen LogP contribution in [0.25, 0.3) is 0 Å². The van der Waals surface area contributed by atoms with Crippen LogP contribution in [0.5, 0.6) is 0 Å². The van der Waals surface area contributed by atoms with Crippen molar-refractivity contribution in [2.24, 2.45) is 0 Å². The van der Waals surface area contributed by atoms with Crippen molar-refractivity contribution in [1.29, 1.82) is 0 Å². The van der Waals surface area contributed by atoms with Gasteiger partial charge in [0.05, 0.1) is 6.04 Å². The molecule has 3 unspecified atom stereocenters. The highest BCUT2D eigenvalue weighted by Crippen LogP contribution is 2.26. The Bertz CT molecular complexity index is 410. The standard InChI is InChI=1S/C14H20N2OS/c1-10(18-3)9-16-13(15-11(2)14(16)17)12-7-5-4-6-8-12/h4-8,10-11,13,15H,9H2,1-3H3. The first-order chi connectivity index (χ1) is 8.63. The molecule has 2 rings (SSSR count). The summed E-state index contributed by atoms with van der Waals surface area (Å²) in [5.74, 6) is 0.199. The van der Waals surface area contributed by atoms with Gasteiger partial charge >= 0.3 is 0 Å². The van der Waals surface area contributed by atoms with E-state index >= 15 is 0 Å². The van der Waals surface area contributed by atoms with Gasteiger partial charge in [0.25, 0.3) is 0 Å². The van der Waals surface area contributed by atoms with Crippen molar-refractivity contribution < 1.29 is 4.79 Å². The third-order valence-electron chi connectivity index (χ3n) is 3.34. The van der Waals surface area contributed by atoms with Gasteiger partial charge in [-0.2, -0.15) is 11.8 Å². The fraction of sp³-hybridized carbons (Fsp3) is 0.500. The number of carbonyl (C=O) groups is 1. The Labute approximate surface area is 113 Å². The van der Waals surface area contributed by atoms with Gasteiger partial charge in [0.1, 0.15) is 6.17 Å². The number of rotatable bonds is 4. The molecule has 3 nitrogen and oxygen atoms in total. The second kappa shape index (κ2) is 5.76. The van der Waals surface area contributed by atoms with Gasteiger partial charge < -0.3 is 4.90 Å². The monoisotopic (exact) mass is 264 g/mol. The predicted molar refractivity (Wildman–Crippen MR) is 76.5 cm³/mol. The van der Waals surface area contributed by atoms with Crippen LogP contribution in [0.3, 0.4) is 0 Å². The molecule has 0 bridgehead atoms. The van der Waals surface area contributed by atoms with Gasteiger partial charge in [-0.25, -0.2) is 0 Å². The van der Waals surface area contributed by atoms with E-state index in [0.29, 0.717) is 5.25 Å². The van der Waals surface area contributed by atoms with Crippen LogP contribution in [0.2, 0.25) is 0 Å². The maximum Gasteiger partial charge on any atom is 0.241 e. The van der Waals surface area contributed by atoms with E-state index in [1.165, 1.54) is 0 Å². The van der Waals surface area contributed by atoms with Crippen molar-refractivity contribution in [2.75, 3.05) is 12.8 Å². The summed E-state index contributed by atoms with van der Waals surface area (Å²) in [5, 5.41) is 3.82. The van der Waals surface area contributed by atoms with Crippen molar-refractivity contribution >= 4 is 17.7 Å². The second-order valence-electron chi connectivity index (χ2n) is 4.74. The average Bonchev–Trinajstić information content (AvgIpc) is 2.68. The molecular formula is C14H20N2OS. The summed E-state index contributed by atoms with van der Waals surface area (Å²) < 4.78 is 0. The quantitative estimate of drug-likeness (QED) is 0.905. The minimum Gasteiger partial charge on any atom is -0.320 e. The molecule has 18 heavy (non-hydrogen) atoms. The molecule has 0 saturated carbocycles. The first-order valence-corrected chi connectivity index (χ1v) is 7.56. The maximum atomic E-state index is 12.2. The van der Waals surface area contributed by atoms with Crippen molar-refractivity contribution in [3.8, 4) is 0 Å². The zero-order valence-corrected chi connectivity index (χ0v) is 11.9. The molecular weight excluding hydrogens is 244 g/mol. The molecule has 0 spiro atoms. The summed E-state index contributed by atoms with van der Waals surface area (Å²) in [5.41, 5.74) is 1.16. The first-order valence-electron chi connectivity index (χ1n) is 6.27. The second-order valence-corrected chi connectivity index (χ2v) is 6.01. The van der Waals surface area contributed by atoms with Crippen molar-refractivity contribution in [1.82, 2.24) is 10.2 Å². The van der Waals surface area contributed by atoms with Crippen LogP contribution in [0.15, 0.2) is 30.3 Å². The highest BCUT2D eigenvalue weighted by atomic mass is 32.2. The molecule has 1 N–H and O–H groups in total. The SMILES string of the molecule is CSC(C)CN1C(=O)C(C)NC1c1ccccc1. The summed E-state index contributed by atoms with van der Waals surface area (Å²) in [4.78, 5) is 14.2. The van der Waals surface area contributed by atoms with Gasteiger partial charge in [0.2, 0.25) is 5.91 Å². The van der Waals surface area contributed by atoms with Crippen LogP contribution in [-0.2, 0) is 4.79 Å². The normalized spacial score (nSPS) is 25.5. The number of amides is 1. The number of hydrogen-bond acceptors (Lipinski definition) is 3. The number of carbonyl (C=O) groups excluding carboxylic acids is 1. The number of benzene rings is 1. The lowest BCUT2D eigenvalue weighted by Crippen LogP contribution is -2.35. The van der Waals surface area contributed by atoms with Gasteiger partial charge in [-0.05, 0) is 18.7 Å². The molecule has 0 aliphatic carbocycles. The molecule has 0 aromatic heterocycles. The molecule has 0 radical (unpaired) electrons. The van der Waals surface area contributed by atoms with Gasteiger partial charge in [0, 0.05) is 11.8 Å². The summed E-state index contributed by atoms with van der Waals surface area (Å²) in [7, 11) is 0. The van der Waals surface area contributed by atoms with E-state index in [1.54, 1.807) is 11.8 Å². The minimum atomic E-state index is -0.0933. The predicted octanol–water partition coefficient (Wildman–Crippen LogP) is 2.26. The average molecular weight is 264 g/mol. The van der Waals surface area contributed by atoms with E-state index in [1.807, 2.05) is 30.0 Å². The molecule has 4 heteroatoms. The van der Waals surface area contributed by atoms with E-state index in [9.17, 15) is 4.79 Å². The summed E-state index contributed by atoms with van der Waals surface area (Å²) in [6.45, 7) is 4.88. The Morgan fingerprint density at radius 3 is 2.67 bits per heavy atom. The van der Waals surface area contributed by atoms with Crippen LogP contribution in [0.4, 0.5) is 0 Å². The largest absolute Gasteiger partial charge is 0.320 e. The van der Waals surface area contributed by atoms with Crippen LogP contribution in [-0.4, -0.2) is 34.9 Å². The Morgan fingerprint density at radius 2 is 2.06 bits per heavy atom. The Balaban J connectivity index is 2.20. The van der Waals surface area contributed by atoms with E-state index in [2.05, 4.69) is 30.6 Å². The van der Waals surface area contributed by atoms with E-state index in [4.69, 9.17) is 0 Å². The lowest BCUT2D eigenvalue weighted by Gasteiger charge is -2.26. The van der Waals surface area contributed by atoms with Crippen LogP contribution < -0.4 is 5.32 Å². The molecule has 1 heterocycles. The molecule has 1 saturated heterocycles. The topological polar surface area (TPSA) is 32.3 Å². The molecule has 98 valence electrons. The Morgan fingerprint density at radius 1 is 1.39 bits per heavy atom. The summed E-state index contributed by atoms with van der Waals surface area (Å²) >= 11 is 1.79. The number of hydrogen-bond donors (Lipinski definition) is 1. The van der Waals surface area contributed by atoms with Gasteiger partial charge in [-0.15, -0.1) is 0 Å². The molecule has 3 atom stereocenters. The van der Waals surface area contributed by atoms with Crippen molar-refractivity contribution in [3.05, 3.63) is 35.9 Å². The highest BCUT2D eigenvalue weighted by Gasteiger charge is 2.37.